The normalized spacial score (nSPS) is 19.2. The van der Waals surface area contributed by atoms with Crippen LogP contribution in [0, 0.1) is 5.92 Å². The maximum atomic E-state index is 11.9. The Morgan fingerprint density at radius 2 is 2.00 bits per heavy atom. The zero-order valence-corrected chi connectivity index (χ0v) is 11.7. The first-order valence-electron chi connectivity index (χ1n) is 7.60. The van der Waals surface area contributed by atoms with E-state index in [1.165, 1.54) is 17.5 Å². The van der Waals surface area contributed by atoms with Gasteiger partial charge in [0.25, 0.3) is 5.56 Å². The molecule has 2 aliphatic rings. The van der Waals surface area contributed by atoms with E-state index in [0.717, 1.165) is 31.4 Å². The van der Waals surface area contributed by atoms with Crippen molar-refractivity contribution in [3.63, 3.8) is 0 Å². The third kappa shape index (κ3) is 3.08. The molecule has 0 aromatic carbocycles. The molecule has 108 valence electrons. The van der Waals surface area contributed by atoms with Crippen LogP contribution in [0.15, 0.2) is 16.9 Å². The van der Waals surface area contributed by atoms with Gasteiger partial charge in [0.1, 0.15) is 0 Å². The maximum absolute atomic E-state index is 11.9. The number of aromatic nitrogens is 2. The summed E-state index contributed by atoms with van der Waals surface area (Å²) in [5.41, 5.74) is 0.913. The second kappa shape index (κ2) is 5.77. The molecule has 3 rings (SSSR count). The lowest BCUT2D eigenvalue weighted by Crippen LogP contribution is -2.34. The molecule has 0 spiro atoms. The molecule has 0 bridgehead atoms. The molecule has 2 saturated carbocycles. The Balaban J connectivity index is 1.53. The molecule has 5 heteroatoms. The molecule has 1 amide bonds. The van der Waals surface area contributed by atoms with Crippen LogP contribution in [0.1, 0.15) is 50.1 Å². The Morgan fingerprint density at radius 1 is 1.25 bits per heavy atom. The fourth-order valence-corrected chi connectivity index (χ4v) is 2.84. The summed E-state index contributed by atoms with van der Waals surface area (Å²) in [6.07, 6.45) is 6.65. The molecule has 1 aromatic heterocycles. The van der Waals surface area contributed by atoms with Gasteiger partial charge in [0, 0.05) is 24.4 Å². The molecule has 5 nitrogen and oxygen atoms in total. The number of carbonyl (C=O) groups is 1. The molecule has 2 aliphatic carbocycles. The lowest BCUT2D eigenvalue weighted by molar-refractivity contribution is -0.124. The Labute approximate surface area is 118 Å². The van der Waals surface area contributed by atoms with Crippen molar-refractivity contribution in [3.05, 3.63) is 28.2 Å². The van der Waals surface area contributed by atoms with Gasteiger partial charge in [-0.05, 0) is 31.7 Å². The summed E-state index contributed by atoms with van der Waals surface area (Å²) in [7, 11) is 0. The summed E-state index contributed by atoms with van der Waals surface area (Å²) in [4.78, 5) is 23.6. The third-order valence-corrected chi connectivity index (χ3v) is 4.23. The van der Waals surface area contributed by atoms with Crippen molar-refractivity contribution in [2.45, 2.75) is 51.0 Å². The molecule has 20 heavy (non-hydrogen) atoms. The number of nitrogens with one attached hydrogen (secondary N) is 1. The number of carbonyl (C=O) groups excluding carboxylic acids is 1. The van der Waals surface area contributed by atoms with Crippen molar-refractivity contribution in [1.29, 1.82) is 0 Å². The molecule has 1 heterocycles. The highest BCUT2D eigenvalue weighted by Gasteiger charge is 2.25. The molecule has 1 N–H and O–H groups in total. The summed E-state index contributed by atoms with van der Waals surface area (Å²) < 4.78 is 1.47. The van der Waals surface area contributed by atoms with E-state index < -0.39 is 0 Å². The van der Waals surface area contributed by atoms with Gasteiger partial charge in [-0.25, -0.2) is 4.68 Å². The monoisotopic (exact) mass is 275 g/mol. The van der Waals surface area contributed by atoms with Gasteiger partial charge in [-0.1, -0.05) is 12.8 Å². The van der Waals surface area contributed by atoms with Crippen molar-refractivity contribution in [3.8, 4) is 0 Å². The van der Waals surface area contributed by atoms with Gasteiger partial charge < -0.3 is 5.32 Å². The number of hydrogen-bond acceptors (Lipinski definition) is 3. The van der Waals surface area contributed by atoms with Crippen molar-refractivity contribution < 1.29 is 4.79 Å². The van der Waals surface area contributed by atoms with E-state index >= 15 is 0 Å². The van der Waals surface area contributed by atoms with E-state index in [0.29, 0.717) is 19.0 Å². The Bertz CT molecular complexity index is 542. The van der Waals surface area contributed by atoms with E-state index in [-0.39, 0.29) is 17.4 Å². The van der Waals surface area contributed by atoms with Crippen molar-refractivity contribution >= 4 is 5.91 Å². The highest BCUT2D eigenvalue weighted by Crippen LogP contribution is 2.38. The Hall–Kier alpha value is -1.65. The topological polar surface area (TPSA) is 64.0 Å². The van der Waals surface area contributed by atoms with Crippen LogP contribution >= 0.6 is 0 Å². The predicted octanol–water partition coefficient (Wildman–Crippen LogP) is 1.43. The predicted molar refractivity (Wildman–Crippen MR) is 75.4 cm³/mol. The number of rotatable bonds is 5. The zero-order valence-electron chi connectivity index (χ0n) is 11.7. The highest BCUT2D eigenvalue weighted by molar-refractivity contribution is 5.78. The lowest BCUT2D eigenvalue weighted by Gasteiger charge is -2.11. The van der Waals surface area contributed by atoms with Gasteiger partial charge in [-0.3, -0.25) is 9.59 Å². The van der Waals surface area contributed by atoms with Crippen LogP contribution < -0.4 is 10.9 Å². The van der Waals surface area contributed by atoms with Crippen LogP contribution in [-0.2, 0) is 11.3 Å². The average molecular weight is 275 g/mol. The molecular weight excluding hydrogens is 254 g/mol. The summed E-state index contributed by atoms with van der Waals surface area (Å²) in [5.74, 6) is 0.848. The van der Waals surface area contributed by atoms with Crippen LogP contribution in [0.25, 0.3) is 0 Å². The number of amides is 1. The van der Waals surface area contributed by atoms with Gasteiger partial charge in [-0.2, -0.15) is 5.10 Å². The van der Waals surface area contributed by atoms with Crippen LogP contribution in [0.2, 0.25) is 0 Å². The average Bonchev–Trinajstić information content (AvgIpc) is 3.15. The van der Waals surface area contributed by atoms with Gasteiger partial charge in [0.15, 0.2) is 0 Å². The van der Waals surface area contributed by atoms with E-state index in [1.54, 1.807) is 6.07 Å². The first kappa shape index (κ1) is 13.3. The minimum atomic E-state index is -0.0930. The maximum Gasteiger partial charge on any atom is 0.266 e. The molecule has 0 radical (unpaired) electrons. The molecule has 0 unspecified atom stereocenters. The first-order chi connectivity index (χ1) is 9.74. The van der Waals surface area contributed by atoms with Gasteiger partial charge in [0.2, 0.25) is 5.91 Å². The largest absolute Gasteiger partial charge is 0.354 e. The smallest absolute Gasteiger partial charge is 0.266 e. The highest BCUT2D eigenvalue weighted by atomic mass is 16.2. The summed E-state index contributed by atoms with van der Waals surface area (Å²) in [6.45, 7) is 0.939. The lowest BCUT2D eigenvalue weighted by atomic mass is 10.1. The number of hydrogen-bond donors (Lipinski definition) is 1. The van der Waals surface area contributed by atoms with Gasteiger partial charge in [0.05, 0.1) is 12.2 Å². The van der Waals surface area contributed by atoms with Crippen LogP contribution in [0.5, 0.6) is 0 Å². The Kier molecular flexibility index (Phi) is 3.85. The van der Waals surface area contributed by atoms with E-state index in [1.807, 2.05) is 6.07 Å². The second-order valence-corrected chi connectivity index (χ2v) is 5.87. The van der Waals surface area contributed by atoms with Crippen molar-refractivity contribution in [2.75, 3.05) is 6.54 Å². The van der Waals surface area contributed by atoms with Gasteiger partial charge >= 0.3 is 0 Å². The third-order valence-electron chi connectivity index (χ3n) is 4.23. The van der Waals surface area contributed by atoms with Crippen LogP contribution in [0.3, 0.4) is 0 Å². The number of nitrogens with zero attached hydrogens (tertiary/aromatic N) is 2. The van der Waals surface area contributed by atoms with Crippen LogP contribution in [-0.4, -0.2) is 22.2 Å². The fourth-order valence-electron chi connectivity index (χ4n) is 2.84. The zero-order chi connectivity index (χ0) is 13.9. The fraction of sp³-hybridized carbons (Fsp3) is 0.667. The second-order valence-electron chi connectivity index (χ2n) is 5.87. The SMILES string of the molecule is O=C(NCCn1nc(C2CC2)ccc1=O)C1CCCC1. The standard InChI is InChI=1S/C15H21N3O2/c19-14-8-7-13(11-5-6-11)17-18(14)10-9-16-15(20)12-3-1-2-4-12/h7-8,11-12H,1-6,9-10H2,(H,16,20). The molecule has 2 fully saturated rings. The molecule has 1 aromatic rings. The molecule has 0 saturated heterocycles. The molecular formula is C15H21N3O2. The summed E-state index contributed by atoms with van der Waals surface area (Å²) >= 11 is 0. The van der Waals surface area contributed by atoms with Gasteiger partial charge in [-0.15, -0.1) is 0 Å². The van der Waals surface area contributed by atoms with E-state index in [2.05, 4.69) is 10.4 Å². The van der Waals surface area contributed by atoms with Crippen LogP contribution in [0.4, 0.5) is 0 Å². The summed E-state index contributed by atoms with van der Waals surface area (Å²) in [6, 6.07) is 3.41. The minimum Gasteiger partial charge on any atom is -0.354 e. The quantitative estimate of drug-likeness (QED) is 0.884. The molecule has 0 aliphatic heterocycles. The summed E-state index contributed by atoms with van der Waals surface area (Å²) in [5, 5.41) is 7.31. The first-order valence-corrected chi connectivity index (χ1v) is 7.60. The van der Waals surface area contributed by atoms with Crippen molar-refractivity contribution in [1.82, 2.24) is 15.1 Å². The van der Waals surface area contributed by atoms with Crippen molar-refractivity contribution in [2.24, 2.45) is 5.92 Å². The Morgan fingerprint density at radius 3 is 2.70 bits per heavy atom. The molecule has 0 atom stereocenters. The van der Waals surface area contributed by atoms with E-state index in [4.69, 9.17) is 0 Å². The van der Waals surface area contributed by atoms with E-state index in [9.17, 15) is 9.59 Å². The minimum absolute atomic E-state index is 0.0930.